The number of nitrogens with two attached hydrogens (primary N) is 1. The predicted octanol–water partition coefficient (Wildman–Crippen LogP) is 4.28. The number of allylic oxidation sites excluding steroid dienone is 1. The molecule has 0 spiro atoms. The highest BCUT2D eigenvalue weighted by molar-refractivity contribution is 5.97. The number of anilines is 2. The zero-order valence-corrected chi connectivity index (χ0v) is 18.0. The van der Waals surface area contributed by atoms with Gasteiger partial charge in [0, 0.05) is 42.8 Å². The van der Waals surface area contributed by atoms with E-state index in [-0.39, 0.29) is 5.52 Å². The molecule has 0 radical (unpaired) electrons. The first-order valence-corrected chi connectivity index (χ1v) is 10.1. The van der Waals surface area contributed by atoms with Crippen LogP contribution in [0.1, 0.15) is 6.92 Å². The summed E-state index contributed by atoms with van der Waals surface area (Å²) in [4.78, 5) is 22.3. The van der Waals surface area contributed by atoms with Crippen molar-refractivity contribution in [3.8, 4) is 22.6 Å². The number of aliphatic imine (C=N–C) groups is 1. The average molecular weight is 441 g/mol. The van der Waals surface area contributed by atoms with Gasteiger partial charge in [-0.2, -0.15) is 5.10 Å². The molecule has 4 N–H and O–H groups in total. The molecular formula is C23H20FN9. The lowest BCUT2D eigenvalue weighted by atomic mass is 10.0. The molecular weight excluding hydrogens is 421 g/mol. The van der Waals surface area contributed by atoms with Gasteiger partial charge in [-0.05, 0) is 43.5 Å². The molecule has 10 heteroatoms. The number of benzene rings is 1. The number of hydrogen-bond acceptors (Lipinski definition) is 7. The highest BCUT2D eigenvalue weighted by Crippen LogP contribution is 2.33. The van der Waals surface area contributed by atoms with Crippen LogP contribution in [0, 0.1) is 5.82 Å². The second kappa shape index (κ2) is 7.83. The smallest absolute Gasteiger partial charge is 0.160 e. The van der Waals surface area contributed by atoms with Gasteiger partial charge in [-0.15, -0.1) is 0 Å². The molecule has 0 saturated carbocycles. The second-order valence-electron chi connectivity index (χ2n) is 7.62. The molecule has 0 unspecified atom stereocenters. The van der Waals surface area contributed by atoms with E-state index in [1.54, 1.807) is 24.7 Å². The van der Waals surface area contributed by atoms with Crippen molar-refractivity contribution in [3.05, 3.63) is 60.6 Å². The molecule has 33 heavy (non-hydrogen) atoms. The Balaban J connectivity index is 1.66. The number of H-pyrrole nitrogens is 2. The van der Waals surface area contributed by atoms with Crippen LogP contribution < -0.4 is 10.6 Å². The summed E-state index contributed by atoms with van der Waals surface area (Å²) in [5.74, 6) is 0.697. The number of halogens is 1. The van der Waals surface area contributed by atoms with Gasteiger partial charge in [0.25, 0.3) is 0 Å². The normalized spacial score (nSPS) is 11.9. The third-order valence-corrected chi connectivity index (χ3v) is 5.29. The number of aromatic amines is 2. The Morgan fingerprint density at radius 3 is 2.85 bits per heavy atom. The highest BCUT2D eigenvalue weighted by Gasteiger charge is 2.18. The highest BCUT2D eigenvalue weighted by atomic mass is 19.1. The predicted molar refractivity (Wildman–Crippen MR) is 128 cm³/mol. The summed E-state index contributed by atoms with van der Waals surface area (Å²) in [7, 11) is 1.86. The molecule has 9 nitrogen and oxygen atoms in total. The van der Waals surface area contributed by atoms with Crippen LogP contribution in [-0.4, -0.2) is 43.9 Å². The van der Waals surface area contributed by atoms with Gasteiger partial charge in [0.2, 0.25) is 0 Å². The molecule has 0 atom stereocenters. The van der Waals surface area contributed by atoms with Crippen LogP contribution in [0.3, 0.4) is 0 Å². The number of nitrogen functional groups attached to an aromatic ring is 1. The SMILES string of the molecule is C=N/C(C)=C\N(C)c1nccc2[nH]c(-c3[nH]nc4c(F)cc(-c5cncc(N)c5)cc34)nc12. The first kappa shape index (κ1) is 20.3. The lowest BCUT2D eigenvalue weighted by Crippen LogP contribution is -2.11. The molecule has 4 aromatic heterocycles. The number of nitrogens with one attached hydrogen (secondary N) is 2. The summed E-state index contributed by atoms with van der Waals surface area (Å²) in [5.41, 5.74) is 10.7. The number of aromatic nitrogens is 6. The van der Waals surface area contributed by atoms with Gasteiger partial charge < -0.3 is 15.6 Å². The minimum Gasteiger partial charge on any atom is -0.397 e. The van der Waals surface area contributed by atoms with E-state index in [9.17, 15) is 4.39 Å². The Labute approximate surface area is 187 Å². The molecule has 0 aliphatic heterocycles. The van der Waals surface area contributed by atoms with Crippen molar-refractivity contribution in [2.75, 3.05) is 17.7 Å². The fraction of sp³-hybridized carbons (Fsp3) is 0.0870. The van der Waals surface area contributed by atoms with Gasteiger partial charge in [0.1, 0.15) is 16.7 Å². The van der Waals surface area contributed by atoms with Crippen LogP contribution in [0.5, 0.6) is 0 Å². The summed E-state index contributed by atoms with van der Waals surface area (Å²) in [5, 5.41) is 7.67. The number of nitrogens with zero attached hydrogens (tertiary/aromatic N) is 6. The van der Waals surface area contributed by atoms with Crippen LogP contribution in [0.4, 0.5) is 15.9 Å². The van der Waals surface area contributed by atoms with Crippen molar-refractivity contribution in [1.29, 1.82) is 0 Å². The largest absolute Gasteiger partial charge is 0.397 e. The summed E-state index contributed by atoms with van der Waals surface area (Å²) in [6.45, 7) is 5.38. The van der Waals surface area contributed by atoms with Crippen molar-refractivity contribution >= 4 is 40.2 Å². The van der Waals surface area contributed by atoms with Gasteiger partial charge in [-0.25, -0.2) is 14.4 Å². The number of fused-ring (bicyclic) bond motifs is 2. The Hall–Kier alpha value is -4.60. The quantitative estimate of drug-likeness (QED) is 0.350. The van der Waals surface area contributed by atoms with Crippen molar-refractivity contribution in [3.63, 3.8) is 0 Å². The van der Waals surface area contributed by atoms with E-state index >= 15 is 0 Å². The number of rotatable bonds is 5. The number of hydrogen-bond donors (Lipinski definition) is 3. The van der Waals surface area contributed by atoms with Crippen molar-refractivity contribution in [1.82, 2.24) is 30.1 Å². The Morgan fingerprint density at radius 1 is 1.21 bits per heavy atom. The molecule has 4 heterocycles. The van der Waals surface area contributed by atoms with Crippen molar-refractivity contribution < 1.29 is 4.39 Å². The van der Waals surface area contributed by atoms with E-state index in [0.29, 0.717) is 45.1 Å². The van der Waals surface area contributed by atoms with E-state index in [1.165, 1.54) is 6.07 Å². The zero-order valence-electron chi connectivity index (χ0n) is 18.0. The molecule has 1 aromatic carbocycles. The van der Waals surface area contributed by atoms with Crippen LogP contribution >= 0.6 is 0 Å². The Morgan fingerprint density at radius 2 is 2.06 bits per heavy atom. The monoisotopic (exact) mass is 441 g/mol. The fourth-order valence-electron chi connectivity index (χ4n) is 3.72. The molecule has 5 rings (SSSR count). The van der Waals surface area contributed by atoms with Crippen LogP contribution in [-0.2, 0) is 0 Å². The Bertz CT molecular complexity index is 1550. The van der Waals surface area contributed by atoms with E-state index in [0.717, 1.165) is 11.2 Å². The summed E-state index contributed by atoms with van der Waals surface area (Å²) in [6, 6.07) is 6.83. The molecule has 0 aliphatic rings. The summed E-state index contributed by atoms with van der Waals surface area (Å²) < 4.78 is 14.9. The van der Waals surface area contributed by atoms with E-state index < -0.39 is 5.82 Å². The summed E-state index contributed by atoms with van der Waals surface area (Å²) >= 11 is 0. The maximum atomic E-state index is 14.9. The van der Waals surface area contributed by atoms with Crippen molar-refractivity contribution in [2.24, 2.45) is 4.99 Å². The van der Waals surface area contributed by atoms with E-state index in [1.807, 2.05) is 37.2 Å². The second-order valence-corrected chi connectivity index (χ2v) is 7.62. The molecule has 0 saturated heterocycles. The third-order valence-electron chi connectivity index (χ3n) is 5.29. The lowest BCUT2D eigenvalue weighted by molar-refractivity contribution is 0.636. The molecule has 0 fully saturated rings. The first-order valence-electron chi connectivity index (χ1n) is 10.1. The molecule has 0 aliphatic carbocycles. The lowest BCUT2D eigenvalue weighted by Gasteiger charge is -2.13. The molecule has 0 amide bonds. The van der Waals surface area contributed by atoms with Gasteiger partial charge >= 0.3 is 0 Å². The molecule has 5 aromatic rings. The minimum absolute atomic E-state index is 0.220. The average Bonchev–Trinajstić information content (AvgIpc) is 3.42. The summed E-state index contributed by atoms with van der Waals surface area (Å²) in [6.07, 6.45) is 6.69. The fourth-order valence-corrected chi connectivity index (χ4v) is 3.72. The Kier molecular flexibility index (Phi) is 4.82. The maximum absolute atomic E-state index is 14.9. The first-order chi connectivity index (χ1) is 15.9. The van der Waals surface area contributed by atoms with Gasteiger partial charge in [-0.1, -0.05) is 0 Å². The zero-order chi connectivity index (χ0) is 23.1. The minimum atomic E-state index is -0.455. The molecule has 164 valence electrons. The van der Waals surface area contributed by atoms with Crippen molar-refractivity contribution in [2.45, 2.75) is 6.92 Å². The number of imidazole rings is 1. The van der Waals surface area contributed by atoms with Crippen LogP contribution in [0.25, 0.3) is 44.6 Å². The van der Waals surface area contributed by atoms with Crippen LogP contribution in [0.15, 0.2) is 59.7 Å². The van der Waals surface area contributed by atoms with Gasteiger partial charge in [0.15, 0.2) is 17.5 Å². The van der Waals surface area contributed by atoms with Gasteiger partial charge in [-0.3, -0.25) is 15.1 Å². The molecule has 0 bridgehead atoms. The van der Waals surface area contributed by atoms with E-state index in [2.05, 4.69) is 36.9 Å². The van der Waals surface area contributed by atoms with Crippen LogP contribution in [0.2, 0.25) is 0 Å². The maximum Gasteiger partial charge on any atom is 0.160 e. The third kappa shape index (κ3) is 3.57. The topological polar surface area (TPSA) is 125 Å². The van der Waals surface area contributed by atoms with E-state index in [4.69, 9.17) is 10.7 Å². The standard InChI is InChI=1S/C23H20FN9/c1-12(26-2)11-33(3)23-21-18(4-5-28-23)29-22(30-21)20-16-7-13(8-17(24)19(16)31-32-20)14-6-15(25)10-27-9-14/h4-11H,2,25H2,1,3H3,(H,29,30)(H,31,32)/b12-11-. The number of pyridine rings is 2. The van der Waals surface area contributed by atoms with Gasteiger partial charge in [0.05, 0.1) is 16.9 Å².